The number of nitrogens with two attached hydrogens (primary N) is 1. The zero-order valence-corrected chi connectivity index (χ0v) is 12.0. The zero-order valence-electron chi connectivity index (χ0n) is 12.0. The molecular weight excluding hydrogens is 283 g/mol. The first kappa shape index (κ1) is 14.3. The maximum absolute atomic E-state index is 14.0. The highest BCUT2D eigenvalue weighted by molar-refractivity contribution is 5.78. The van der Waals surface area contributed by atoms with Gasteiger partial charge in [-0.05, 0) is 42.7 Å². The van der Waals surface area contributed by atoms with Gasteiger partial charge in [0.1, 0.15) is 5.75 Å². The van der Waals surface area contributed by atoms with E-state index in [1.807, 2.05) is 0 Å². The smallest absolute Gasteiger partial charge is 0.189 e. The molecule has 0 unspecified atom stereocenters. The molecule has 1 heterocycles. The van der Waals surface area contributed by atoms with Crippen molar-refractivity contribution in [1.82, 2.24) is 10.3 Å². The van der Waals surface area contributed by atoms with E-state index in [2.05, 4.69) is 15.3 Å². The molecule has 1 aromatic carbocycles. The second-order valence-electron chi connectivity index (χ2n) is 5.18. The Morgan fingerprint density at radius 3 is 2.95 bits per heavy atom. The fraction of sp³-hybridized carbons (Fsp3) is 0.250. The van der Waals surface area contributed by atoms with Gasteiger partial charge in [0.15, 0.2) is 17.5 Å². The standard InChI is InChI=1S/C16H17FN4O/c17-14-8-11(9-20-16(18)21-12-4-5-12)3-6-15(14)22-13-2-1-7-19-10-13/h1-3,6-8,10,12H,4-5,9H2,(H3,18,20,21). The average molecular weight is 300 g/mol. The van der Waals surface area contributed by atoms with Crippen LogP contribution in [0.15, 0.2) is 47.7 Å². The molecule has 0 radical (unpaired) electrons. The fourth-order valence-corrected chi connectivity index (χ4v) is 1.92. The zero-order chi connectivity index (χ0) is 15.4. The number of pyridine rings is 1. The lowest BCUT2D eigenvalue weighted by Crippen LogP contribution is -2.33. The number of guanidine groups is 1. The van der Waals surface area contributed by atoms with Gasteiger partial charge in [-0.25, -0.2) is 9.38 Å². The minimum atomic E-state index is -0.440. The predicted molar refractivity (Wildman–Crippen MR) is 82.2 cm³/mol. The molecule has 114 valence electrons. The number of rotatable bonds is 5. The van der Waals surface area contributed by atoms with Crippen LogP contribution in [0.1, 0.15) is 18.4 Å². The summed E-state index contributed by atoms with van der Waals surface area (Å²) < 4.78 is 19.5. The Morgan fingerprint density at radius 1 is 1.41 bits per heavy atom. The molecule has 5 nitrogen and oxygen atoms in total. The molecule has 22 heavy (non-hydrogen) atoms. The van der Waals surface area contributed by atoms with Crippen molar-refractivity contribution in [2.75, 3.05) is 0 Å². The second-order valence-corrected chi connectivity index (χ2v) is 5.18. The largest absolute Gasteiger partial charge is 0.453 e. The van der Waals surface area contributed by atoms with Crippen molar-refractivity contribution in [2.45, 2.75) is 25.4 Å². The Kier molecular flexibility index (Phi) is 4.18. The molecule has 3 rings (SSSR count). The van der Waals surface area contributed by atoms with Gasteiger partial charge in [0, 0.05) is 12.2 Å². The van der Waals surface area contributed by atoms with Crippen LogP contribution in [0, 0.1) is 5.82 Å². The van der Waals surface area contributed by atoms with Crippen molar-refractivity contribution < 1.29 is 9.13 Å². The number of ether oxygens (including phenoxy) is 1. The van der Waals surface area contributed by atoms with Crippen LogP contribution < -0.4 is 15.8 Å². The molecule has 0 bridgehead atoms. The maximum Gasteiger partial charge on any atom is 0.189 e. The molecule has 0 spiro atoms. The number of aromatic nitrogens is 1. The van der Waals surface area contributed by atoms with E-state index in [1.54, 1.807) is 30.5 Å². The summed E-state index contributed by atoms with van der Waals surface area (Å²) in [6.07, 6.45) is 5.42. The summed E-state index contributed by atoms with van der Waals surface area (Å²) in [7, 11) is 0. The van der Waals surface area contributed by atoms with E-state index in [-0.39, 0.29) is 5.75 Å². The van der Waals surface area contributed by atoms with Crippen molar-refractivity contribution in [3.05, 3.63) is 54.1 Å². The van der Waals surface area contributed by atoms with Gasteiger partial charge in [-0.2, -0.15) is 0 Å². The third-order valence-corrected chi connectivity index (χ3v) is 3.22. The summed E-state index contributed by atoms with van der Waals surface area (Å²) in [4.78, 5) is 8.11. The Hall–Kier alpha value is -2.63. The van der Waals surface area contributed by atoms with Crippen LogP contribution in [0.4, 0.5) is 4.39 Å². The lowest BCUT2D eigenvalue weighted by Gasteiger charge is -2.07. The molecule has 0 amide bonds. The summed E-state index contributed by atoms with van der Waals surface area (Å²) >= 11 is 0. The van der Waals surface area contributed by atoms with Gasteiger partial charge in [0.2, 0.25) is 0 Å². The lowest BCUT2D eigenvalue weighted by molar-refractivity contribution is 0.440. The Labute approximate surface area is 128 Å². The quantitative estimate of drug-likeness (QED) is 0.657. The normalized spacial score (nSPS) is 14.7. The van der Waals surface area contributed by atoms with Crippen LogP contribution in [0.2, 0.25) is 0 Å². The highest BCUT2D eigenvalue weighted by Crippen LogP contribution is 2.24. The van der Waals surface area contributed by atoms with E-state index in [4.69, 9.17) is 10.5 Å². The third-order valence-electron chi connectivity index (χ3n) is 3.22. The number of aliphatic imine (C=N–C) groups is 1. The van der Waals surface area contributed by atoms with Gasteiger partial charge in [0.25, 0.3) is 0 Å². The van der Waals surface area contributed by atoms with Crippen molar-refractivity contribution in [3.8, 4) is 11.5 Å². The average Bonchev–Trinajstić information content (AvgIpc) is 3.33. The molecule has 1 fully saturated rings. The van der Waals surface area contributed by atoms with Gasteiger partial charge in [-0.3, -0.25) is 4.98 Å². The first-order valence-corrected chi connectivity index (χ1v) is 7.13. The molecule has 6 heteroatoms. The van der Waals surface area contributed by atoms with Gasteiger partial charge in [-0.15, -0.1) is 0 Å². The minimum absolute atomic E-state index is 0.157. The van der Waals surface area contributed by atoms with Crippen molar-refractivity contribution in [1.29, 1.82) is 0 Å². The fourth-order valence-electron chi connectivity index (χ4n) is 1.92. The van der Waals surface area contributed by atoms with E-state index in [0.717, 1.165) is 18.4 Å². The van der Waals surface area contributed by atoms with Crippen molar-refractivity contribution in [2.24, 2.45) is 10.7 Å². The summed E-state index contributed by atoms with van der Waals surface area (Å²) in [6, 6.07) is 8.65. The van der Waals surface area contributed by atoms with Gasteiger partial charge in [-0.1, -0.05) is 6.07 Å². The monoisotopic (exact) mass is 300 g/mol. The number of hydrogen-bond acceptors (Lipinski definition) is 3. The van der Waals surface area contributed by atoms with Gasteiger partial charge in [0.05, 0.1) is 12.7 Å². The van der Waals surface area contributed by atoms with E-state index in [9.17, 15) is 4.39 Å². The van der Waals surface area contributed by atoms with Crippen molar-refractivity contribution in [3.63, 3.8) is 0 Å². The molecular formula is C16H17FN4O. The number of hydrogen-bond donors (Lipinski definition) is 2. The van der Waals surface area contributed by atoms with Crippen LogP contribution in [-0.2, 0) is 6.54 Å². The molecule has 0 aliphatic heterocycles. The topological polar surface area (TPSA) is 72.5 Å². The molecule has 1 aromatic heterocycles. The first-order valence-electron chi connectivity index (χ1n) is 7.13. The summed E-state index contributed by atoms with van der Waals surface area (Å²) in [6.45, 7) is 0.329. The molecule has 0 saturated heterocycles. The Morgan fingerprint density at radius 2 is 2.27 bits per heavy atom. The second kappa shape index (κ2) is 6.43. The molecule has 2 aromatic rings. The van der Waals surface area contributed by atoms with E-state index in [0.29, 0.717) is 24.3 Å². The Bertz CT molecular complexity index is 671. The lowest BCUT2D eigenvalue weighted by atomic mass is 10.2. The van der Waals surface area contributed by atoms with Crippen LogP contribution in [0.3, 0.4) is 0 Å². The third kappa shape index (κ3) is 3.94. The first-order chi connectivity index (χ1) is 10.7. The molecule has 3 N–H and O–H groups in total. The van der Waals surface area contributed by atoms with Crippen LogP contribution in [0.25, 0.3) is 0 Å². The van der Waals surface area contributed by atoms with E-state index >= 15 is 0 Å². The summed E-state index contributed by atoms with van der Waals surface area (Å²) in [5.74, 6) is 0.610. The highest BCUT2D eigenvalue weighted by atomic mass is 19.1. The van der Waals surface area contributed by atoms with E-state index < -0.39 is 5.82 Å². The predicted octanol–water partition coefficient (Wildman–Crippen LogP) is 2.58. The van der Waals surface area contributed by atoms with E-state index in [1.165, 1.54) is 12.3 Å². The Balaban J connectivity index is 1.64. The van der Waals surface area contributed by atoms with Crippen LogP contribution in [-0.4, -0.2) is 17.0 Å². The molecule has 1 aliphatic carbocycles. The summed E-state index contributed by atoms with van der Waals surface area (Å²) in [5, 5.41) is 3.09. The maximum atomic E-state index is 14.0. The van der Waals surface area contributed by atoms with Gasteiger partial charge >= 0.3 is 0 Å². The van der Waals surface area contributed by atoms with Crippen LogP contribution in [0.5, 0.6) is 11.5 Å². The number of nitrogens with zero attached hydrogens (tertiary/aromatic N) is 2. The summed E-state index contributed by atoms with van der Waals surface area (Å²) in [5.41, 5.74) is 6.48. The molecule has 1 saturated carbocycles. The van der Waals surface area contributed by atoms with Gasteiger partial charge < -0.3 is 15.8 Å². The molecule has 0 atom stereocenters. The molecule has 1 aliphatic rings. The number of nitrogens with one attached hydrogen (secondary N) is 1. The number of halogens is 1. The highest BCUT2D eigenvalue weighted by Gasteiger charge is 2.21. The van der Waals surface area contributed by atoms with Crippen LogP contribution >= 0.6 is 0 Å². The number of benzene rings is 1. The van der Waals surface area contributed by atoms with Crippen molar-refractivity contribution >= 4 is 5.96 Å². The SMILES string of the molecule is NC(=NCc1ccc(Oc2cccnc2)c(F)c1)NC1CC1. The minimum Gasteiger partial charge on any atom is -0.453 e.